The minimum atomic E-state index is -0.587. The molecule has 1 atom stereocenters. The van der Waals surface area contributed by atoms with Crippen LogP contribution in [0.3, 0.4) is 0 Å². The first-order valence-corrected chi connectivity index (χ1v) is 8.31. The lowest BCUT2D eigenvalue weighted by atomic mass is 10.1. The Kier molecular flexibility index (Phi) is 5.97. The van der Waals surface area contributed by atoms with Gasteiger partial charge >= 0.3 is 0 Å². The number of hydrogen-bond acceptors (Lipinski definition) is 4. The molecule has 0 aliphatic carbocycles. The summed E-state index contributed by atoms with van der Waals surface area (Å²) in [4.78, 5) is 14.5. The number of carbonyl (C=O) groups excluding carboxylic acids is 1. The van der Waals surface area contributed by atoms with Crippen molar-refractivity contribution in [1.29, 1.82) is 0 Å². The Balaban J connectivity index is 2.38. The number of hydrogen-bond donors (Lipinski definition) is 0. The zero-order valence-corrected chi connectivity index (χ0v) is 14.8. The van der Waals surface area contributed by atoms with Crippen LogP contribution in [0.5, 0.6) is 0 Å². The van der Waals surface area contributed by atoms with E-state index in [4.69, 9.17) is 16.0 Å². The molecule has 0 spiro atoms. The number of aryl methyl sites for hydroxylation is 1. The summed E-state index contributed by atoms with van der Waals surface area (Å²) in [5.41, 5.74) is 1.89. The van der Waals surface area contributed by atoms with Gasteiger partial charge in [-0.2, -0.15) is 0 Å². The quantitative estimate of drug-likeness (QED) is 0.705. The molecular weight excluding hydrogens is 370 g/mol. The van der Waals surface area contributed by atoms with Gasteiger partial charge in [0.25, 0.3) is 4.80 Å². The Morgan fingerprint density at radius 2 is 2.09 bits per heavy atom. The average molecular weight is 387 g/mol. The van der Waals surface area contributed by atoms with Crippen LogP contribution in [0.15, 0.2) is 33.5 Å². The summed E-state index contributed by atoms with van der Waals surface area (Å²) in [6, 6.07) is 7.75. The molecule has 1 heterocycles. The molecule has 0 saturated heterocycles. The molecule has 1 aromatic heterocycles. The van der Waals surface area contributed by atoms with Gasteiger partial charge in [-0.25, -0.2) is 0 Å². The number of rotatable bonds is 6. The van der Waals surface area contributed by atoms with Crippen molar-refractivity contribution in [2.45, 2.75) is 38.6 Å². The second-order valence-corrected chi connectivity index (χ2v) is 5.94. The second kappa shape index (κ2) is 7.74. The highest BCUT2D eigenvalue weighted by Crippen LogP contribution is 2.25. The average Bonchev–Trinajstić information content (AvgIpc) is 2.96. The number of nitrogens with zero attached hydrogens (tertiary/aromatic N) is 3. The van der Waals surface area contributed by atoms with Gasteiger partial charge in [-0.05, 0) is 24.5 Å². The van der Waals surface area contributed by atoms with Crippen molar-refractivity contribution in [2.24, 2.45) is 0 Å². The zero-order valence-electron chi connectivity index (χ0n) is 12.4. The first kappa shape index (κ1) is 17.0. The lowest BCUT2D eigenvalue weighted by Gasteiger charge is -2.25. The zero-order chi connectivity index (χ0) is 16.1. The fourth-order valence-electron chi connectivity index (χ4n) is 2.13. The van der Waals surface area contributed by atoms with Gasteiger partial charge in [0.05, 0.1) is 0 Å². The van der Waals surface area contributed by atoms with Gasteiger partial charge in [0.15, 0.2) is 0 Å². The van der Waals surface area contributed by atoms with Crippen LogP contribution in [-0.4, -0.2) is 21.5 Å². The Labute approximate surface area is 142 Å². The number of amides is 1. The smallest absolute Gasteiger partial charge is 0.284 e. The van der Waals surface area contributed by atoms with Crippen molar-refractivity contribution >= 4 is 39.1 Å². The Morgan fingerprint density at radius 1 is 1.36 bits per heavy atom. The number of anilines is 1. The van der Waals surface area contributed by atoms with Gasteiger partial charge in [0, 0.05) is 21.6 Å². The maximum absolute atomic E-state index is 12.6. The van der Waals surface area contributed by atoms with Crippen LogP contribution in [0.1, 0.15) is 31.7 Å². The van der Waals surface area contributed by atoms with Crippen molar-refractivity contribution in [1.82, 2.24) is 10.2 Å². The summed E-state index contributed by atoms with van der Waals surface area (Å²) in [5, 5.41) is 7.08. The Morgan fingerprint density at radius 3 is 2.68 bits per heavy atom. The van der Waals surface area contributed by atoms with Crippen LogP contribution in [0.25, 0.3) is 0 Å². The molecule has 7 heteroatoms. The molecule has 2 rings (SSSR count). The summed E-state index contributed by atoms with van der Waals surface area (Å²) in [5.74, 6) is 0.186. The highest BCUT2D eigenvalue weighted by molar-refractivity contribution is 9.10. The third-order valence-corrected chi connectivity index (χ3v) is 4.11. The molecule has 2 aromatic rings. The molecule has 0 aliphatic rings. The maximum Gasteiger partial charge on any atom is 0.284 e. The Bertz CT molecular complexity index is 647. The number of alkyl halides is 1. The maximum atomic E-state index is 12.6. The van der Waals surface area contributed by atoms with E-state index in [0.29, 0.717) is 12.3 Å². The molecule has 0 aliphatic heterocycles. The van der Waals surface area contributed by atoms with Crippen LogP contribution < -0.4 is 4.90 Å². The van der Waals surface area contributed by atoms with E-state index in [1.165, 1.54) is 0 Å². The lowest BCUT2D eigenvalue weighted by molar-refractivity contribution is -0.118. The molecular formula is C15H17BrClN3O2. The minimum Gasteiger partial charge on any atom is -0.414 e. The standard InChI is InChI=1S/C15H17BrClN3O2/c1-3-10-7-5-6-8-12(10)20(14(21)11(17)4-2)9-13-18-19-15(16)22-13/h5-8,11H,3-4,9H2,1-2H3. The van der Waals surface area contributed by atoms with Gasteiger partial charge in [-0.3, -0.25) is 4.79 Å². The first-order chi connectivity index (χ1) is 10.6. The number of aromatic nitrogens is 2. The van der Waals surface area contributed by atoms with Crippen LogP contribution in [-0.2, 0) is 17.8 Å². The number of para-hydroxylation sites is 1. The van der Waals surface area contributed by atoms with Crippen molar-refractivity contribution < 1.29 is 9.21 Å². The Hall–Kier alpha value is -1.40. The highest BCUT2D eigenvalue weighted by atomic mass is 79.9. The fraction of sp³-hybridized carbons (Fsp3) is 0.400. The molecule has 1 amide bonds. The predicted octanol–water partition coefficient (Wildman–Crippen LogP) is 3.95. The fourth-order valence-corrected chi connectivity index (χ4v) is 2.51. The van der Waals surface area contributed by atoms with Crippen LogP contribution in [0.4, 0.5) is 5.69 Å². The summed E-state index contributed by atoms with van der Waals surface area (Å²) in [6.07, 6.45) is 1.37. The van der Waals surface area contributed by atoms with Crippen LogP contribution >= 0.6 is 27.5 Å². The summed E-state index contributed by atoms with van der Waals surface area (Å²) >= 11 is 9.28. The number of carbonyl (C=O) groups is 1. The summed E-state index contributed by atoms with van der Waals surface area (Å²) < 4.78 is 5.33. The van der Waals surface area contributed by atoms with E-state index < -0.39 is 5.38 Å². The van der Waals surface area contributed by atoms with E-state index in [1.54, 1.807) is 4.90 Å². The third-order valence-electron chi connectivity index (χ3n) is 3.29. The molecule has 22 heavy (non-hydrogen) atoms. The molecule has 1 unspecified atom stereocenters. The third kappa shape index (κ3) is 3.87. The molecule has 0 saturated carbocycles. The van der Waals surface area contributed by atoms with E-state index in [-0.39, 0.29) is 17.3 Å². The molecule has 5 nitrogen and oxygen atoms in total. The molecule has 0 bridgehead atoms. The minimum absolute atomic E-state index is 0.167. The predicted molar refractivity (Wildman–Crippen MR) is 88.9 cm³/mol. The van der Waals surface area contributed by atoms with Gasteiger partial charge < -0.3 is 9.32 Å². The molecule has 0 radical (unpaired) electrons. The van der Waals surface area contributed by atoms with E-state index in [9.17, 15) is 4.79 Å². The van der Waals surface area contributed by atoms with Crippen molar-refractivity contribution in [2.75, 3.05) is 4.90 Å². The molecule has 118 valence electrons. The van der Waals surface area contributed by atoms with Gasteiger partial charge in [-0.1, -0.05) is 32.0 Å². The summed E-state index contributed by atoms with van der Waals surface area (Å²) in [6.45, 7) is 4.11. The largest absolute Gasteiger partial charge is 0.414 e. The topological polar surface area (TPSA) is 59.2 Å². The van der Waals surface area contributed by atoms with Crippen molar-refractivity contribution in [3.63, 3.8) is 0 Å². The van der Waals surface area contributed by atoms with Crippen LogP contribution in [0, 0.1) is 0 Å². The molecule has 1 aromatic carbocycles. The SMILES string of the molecule is CCc1ccccc1N(Cc1nnc(Br)o1)C(=O)C(Cl)CC. The molecule has 0 fully saturated rings. The monoisotopic (exact) mass is 385 g/mol. The van der Waals surface area contributed by atoms with E-state index >= 15 is 0 Å². The van der Waals surface area contributed by atoms with E-state index in [2.05, 4.69) is 26.1 Å². The summed E-state index contributed by atoms with van der Waals surface area (Å²) in [7, 11) is 0. The number of benzene rings is 1. The van der Waals surface area contributed by atoms with E-state index in [0.717, 1.165) is 17.7 Å². The molecule has 0 N–H and O–H groups in total. The second-order valence-electron chi connectivity index (χ2n) is 4.73. The van der Waals surface area contributed by atoms with Gasteiger partial charge in [0.1, 0.15) is 11.9 Å². The van der Waals surface area contributed by atoms with Gasteiger partial charge in [-0.15, -0.1) is 21.8 Å². The normalized spacial score (nSPS) is 12.2. The van der Waals surface area contributed by atoms with Crippen LogP contribution in [0.2, 0.25) is 0 Å². The number of halogens is 2. The lowest BCUT2D eigenvalue weighted by Crippen LogP contribution is -2.37. The first-order valence-electron chi connectivity index (χ1n) is 7.08. The highest BCUT2D eigenvalue weighted by Gasteiger charge is 2.25. The van der Waals surface area contributed by atoms with Crippen molar-refractivity contribution in [3.8, 4) is 0 Å². The van der Waals surface area contributed by atoms with Gasteiger partial charge in [0.2, 0.25) is 11.8 Å². The van der Waals surface area contributed by atoms with Crippen molar-refractivity contribution in [3.05, 3.63) is 40.5 Å². The van der Waals surface area contributed by atoms with E-state index in [1.807, 2.05) is 38.1 Å².